The molecular formula is C68H80N8O24P4. The number of phosphoric ester groups is 4. The molecule has 8 heterocycles. The minimum Gasteiger partial charge on any atom is -0.485 e. The van der Waals surface area contributed by atoms with Crippen molar-refractivity contribution in [3.63, 3.8) is 0 Å². The first kappa shape index (κ1) is 77.5. The zero-order chi connectivity index (χ0) is 75.3. The molecule has 4 aromatic carbocycles. The molecule has 12 atom stereocenters. The van der Waals surface area contributed by atoms with E-state index in [2.05, 4.69) is 21.8 Å². The van der Waals surface area contributed by atoms with Crippen molar-refractivity contribution in [2.24, 2.45) is 0 Å². The Bertz CT molecular complexity index is 3880. The van der Waals surface area contributed by atoms with Gasteiger partial charge in [-0.1, -0.05) is 12.1 Å². The van der Waals surface area contributed by atoms with Crippen LogP contribution in [0.2, 0.25) is 0 Å². The molecule has 4 saturated heterocycles. The molecule has 12 rings (SSSR count). The van der Waals surface area contributed by atoms with Gasteiger partial charge in [0.05, 0.1) is 87.0 Å². The predicted molar refractivity (Wildman–Crippen MR) is 364 cm³/mol. The summed E-state index contributed by atoms with van der Waals surface area (Å²) in [6.45, 7) is 26.7. The number of amides is 4. The van der Waals surface area contributed by atoms with Crippen molar-refractivity contribution >= 4 is 66.3 Å². The minimum absolute atomic E-state index is 0.187. The summed E-state index contributed by atoms with van der Waals surface area (Å²) in [5, 5.41) is 19.1. The second-order valence-corrected chi connectivity index (χ2v) is 33.7. The van der Waals surface area contributed by atoms with Crippen LogP contribution >= 0.6 is 31.3 Å². The number of ether oxygens (including phenoxy) is 4. The standard InChI is InChI=1S/2C34H40N4O12P2/c2*1-33(2)31(29(37-14-6-8-27(37)39)23-18-21(20-35)10-12-25(23)47-33)49-51(41,42)45-16-17-46-52(43,44)50-32-30(38-15-7-9-28(38)40)24-19-22(36-5)11-13-26(24)48-34(32,3)4/h2*10-13,18-19,29-32H,6-9,14-17H2,1-4H3,(H,41,42)(H,43,44). The summed E-state index contributed by atoms with van der Waals surface area (Å²) in [6.07, 6.45) is -1.52. The van der Waals surface area contributed by atoms with E-state index in [1.165, 1.54) is 9.80 Å². The molecule has 104 heavy (non-hydrogen) atoms. The van der Waals surface area contributed by atoms with Crippen LogP contribution in [0, 0.1) is 35.8 Å². The summed E-state index contributed by atoms with van der Waals surface area (Å²) in [5.74, 6) is 0.840. The number of phosphoric acid groups is 4. The molecule has 32 nitrogen and oxygen atoms in total. The van der Waals surface area contributed by atoms with Gasteiger partial charge >= 0.3 is 31.3 Å². The van der Waals surface area contributed by atoms with Gasteiger partial charge in [0.2, 0.25) is 23.6 Å². The van der Waals surface area contributed by atoms with Crippen molar-refractivity contribution in [1.29, 1.82) is 10.5 Å². The zero-order valence-electron chi connectivity index (χ0n) is 58.2. The Labute approximate surface area is 600 Å². The van der Waals surface area contributed by atoms with Crippen molar-refractivity contribution in [2.45, 2.75) is 178 Å². The molecule has 0 aliphatic carbocycles. The lowest BCUT2D eigenvalue weighted by molar-refractivity contribution is -0.140. The Morgan fingerprint density at radius 3 is 0.865 bits per heavy atom. The van der Waals surface area contributed by atoms with Crippen LogP contribution in [0.3, 0.4) is 0 Å². The normalized spacial score (nSPS) is 26.9. The summed E-state index contributed by atoms with van der Waals surface area (Å²) >= 11 is 0. The van der Waals surface area contributed by atoms with E-state index < -0.39 is 129 Å². The Morgan fingerprint density at radius 1 is 0.423 bits per heavy atom. The molecular weight excluding hydrogens is 1440 g/mol. The fraction of sp³-hybridized carbons (Fsp3) is 0.529. The number of rotatable bonds is 22. The van der Waals surface area contributed by atoms with Crippen LogP contribution in [0.25, 0.3) is 9.69 Å². The smallest absolute Gasteiger partial charge is 0.472 e. The lowest BCUT2D eigenvalue weighted by Gasteiger charge is -2.47. The molecule has 4 fully saturated rings. The molecule has 0 radical (unpaired) electrons. The molecule has 0 saturated carbocycles. The molecule has 0 aromatic heterocycles. The first-order valence-electron chi connectivity index (χ1n) is 33.6. The van der Waals surface area contributed by atoms with Crippen LogP contribution in [0.1, 0.15) is 164 Å². The maximum absolute atomic E-state index is 13.4. The van der Waals surface area contributed by atoms with E-state index >= 15 is 0 Å². The fourth-order valence-corrected chi connectivity index (χ4v) is 18.6. The summed E-state index contributed by atoms with van der Waals surface area (Å²) in [5.41, 5.74) is -2.06. The van der Waals surface area contributed by atoms with Crippen LogP contribution in [0.4, 0.5) is 11.4 Å². The molecule has 0 bridgehead atoms. The highest BCUT2D eigenvalue weighted by atomic mass is 31.2. The van der Waals surface area contributed by atoms with Gasteiger partial charge in [0.15, 0.2) is 11.4 Å². The van der Waals surface area contributed by atoms with Gasteiger partial charge < -0.3 is 58.1 Å². The average molecular weight is 1520 g/mol. The van der Waals surface area contributed by atoms with Gasteiger partial charge in [0.1, 0.15) is 69.8 Å². The molecule has 8 aliphatic heterocycles. The van der Waals surface area contributed by atoms with Crippen LogP contribution in [0.15, 0.2) is 72.8 Å². The second kappa shape index (κ2) is 30.0. The van der Waals surface area contributed by atoms with Gasteiger partial charge in [-0.3, -0.25) is 55.4 Å². The number of carbonyl (C=O) groups excluding carboxylic acids is 4. The number of fused-ring (bicyclic) bond motifs is 4. The van der Waals surface area contributed by atoms with Crippen LogP contribution in [-0.2, 0) is 73.6 Å². The summed E-state index contributed by atoms with van der Waals surface area (Å²) in [4.78, 5) is 108. The molecule has 12 unspecified atom stereocenters. The van der Waals surface area contributed by atoms with E-state index in [0.29, 0.717) is 108 Å². The van der Waals surface area contributed by atoms with Crippen molar-refractivity contribution in [3.05, 3.63) is 129 Å². The fourth-order valence-electron chi connectivity index (χ4n) is 14.5. The molecule has 4 N–H and O–H groups in total. The van der Waals surface area contributed by atoms with Gasteiger partial charge in [-0.05, 0) is 142 Å². The number of nitriles is 2. The molecule has 556 valence electrons. The average Bonchev–Trinajstić information content (AvgIpc) is 1.19. The Morgan fingerprint density at radius 2 is 0.654 bits per heavy atom. The summed E-state index contributed by atoms with van der Waals surface area (Å²) < 4.78 is 122. The third kappa shape index (κ3) is 16.6. The van der Waals surface area contributed by atoms with E-state index in [1.54, 1.807) is 138 Å². The Kier molecular flexibility index (Phi) is 22.3. The first-order chi connectivity index (χ1) is 48.9. The van der Waals surface area contributed by atoms with E-state index in [4.69, 9.17) is 68.3 Å². The monoisotopic (exact) mass is 1520 g/mol. The van der Waals surface area contributed by atoms with Gasteiger partial charge in [-0.15, -0.1) is 0 Å². The summed E-state index contributed by atoms with van der Waals surface area (Å²) in [6, 6.07) is 19.5. The molecule has 36 heteroatoms. The van der Waals surface area contributed by atoms with Crippen molar-refractivity contribution < 1.29 is 112 Å². The lowest BCUT2D eigenvalue weighted by Crippen LogP contribution is -2.54. The van der Waals surface area contributed by atoms with Crippen molar-refractivity contribution in [3.8, 4) is 35.1 Å². The van der Waals surface area contributed by atoms with Crippen LogP contribution in [-0.4, -0.2) is 162 Å². The second-order valence-electron chi connectivity index (χ2n) is 28.1. The maximum atomic E-state index is 13.4. The van der Waals surface area contributed by atoms with Gasteiger partial charge in [-0.25, -0.2) is 28.0 Å². The van der Waals surface area contributed by atoms with E-state index in [-0.39, 0.29) is 60.7 Å². The molecule has 4 amide bonds. The number of hydrogen-bond acceptors (Lipinski definition) is 22. The highest BCUT2D eigenvalue weighted by Gasteiger charge is 2.57. The first-order valence-corrected chi connectivity index (χ1v) is 39.6. The predicted octanol–water partition coefficient (Wildman–Crippen LogP) is 11.0. The number of nitrogens with zero attached hydrogens (tertiary/aromatic N) is 8. The van der Waals surface area contributed by atoms with Gasteiger partial charge in [-0.2, -0.15) is 10.5 Å². The topological polar surface area (TPSA) is 398 Å². The zero-order valence-corrected chi connectivity index (χ0v) is 61.8. The van der Waals surface area contributed by atoms with E-state index in [1.807, 2.05) is 0 Å². The minimum atomic E-state index is -4.95. The van der Waals surface area contributed by atoms with Crippen LogP contribution in [0.5, 0.6) is 23.0 Å². The SMILES string of the molecule is [C-]#[N+]c1ccc2c(c1)C(N1CCCC1=O)C(OP(=O)(O)OCCOP(=O)(O)OC1C(N3CCCC3=O)c3cc(C#N)ccc3OC1(C)C)C(C)(C)O2.[C-]#[N+]c1ccc2c(c1)C(N1CCCC1=O)C(OP(=O)(O)OCCOP(=O)(O)OC1C(N3CCCC3=O)c3cc(C#N)ccc3OC1(C)C)C(C)(C)O2. The van der Waals surface area contributed by atoms with Gasteiger partial charge in [0.25, 0.3) is 0 Å². The highest BCUT2D eigenvalue weighted by molar-refractivity contribution is 7.48. The number of benzene rings is 4. The Balaban J connectivity index is 0.000000208. The van der Waals surface area contributed by atoms with E-state index in [9.17, 15) is 67.5 Å². The Hall–Kier alpha value is -7.64. The largest absolute Gasteiger partial charge is 0.485 e. The number of carbonyl (C=O) groups is 4. The highest BCUT2D eigenvalue weighted by Crippen LogP contribution is 2.60. The third-order valence-corrected chi connectivity index (χ3v) is 23.1. The number of hydrogen-bond donors (Lipinski definition) is 4. The lowest BCUT2D eigenvalue weighted by atomic mass is 9.85. The molecule has 0 spiro atoms. The molecule has 8 aliphatic rings. The molecule has 4 aromatic rings. The van der Waals surface area contributed by atoms with E-state index in [0.717, 1.165) is 0 Å². The van der Waals surface area contributed by atoms with Crippen LogP contribution < -0.4 is 18.9 Å². The summed E-state index contributed by atoms with van der Waals surface area (Å²) in [7, 11) is -19.8. The maximum Gasteiger partial charge on any atom is 0.472 e. The van der Waals surface area contributed by atoms with Gasteiger partial charge in [0, 0.05) is 74.1 Å². The third-order valence-electron chi connectivity index (χ3n) is 19.1. The quantitative estimate of drug-likeness (QED) is 0.0322. The number of likely N-dealkylation sites (tertiary alicyclic amines) is 4. The van der Waals surface area contributed by atoms with Crippen molar-refractivity contribution in [2.75, 3.05) is 52.6 Å². The van der Waals surface area contributed by atoms with Crippen molar-refractivity contribution in [1.82, 2.24) is 19.6 Å².